The number of aromatic carboxylic acids is 1. The van der Waals surface area contributed by atoms with Crippen molar-refractivity contribution in [3.8, 4) is 5.69 Å². The van der Waals surface area contributed by atoms with E-state index in [0.29, 0.717) is 17.1 Å². The van der Waals surface area contributed by atoms with Gasteiger partial charge < -0.3 is 20.3 Å². The maximum atomic E-state index is 13.0. The van der Waals surface area contributed by atoms with Gasteiger partial charge in [-0.15, -0.1) is 0 Å². The summed E-state index contributed by atoms with van der Waals surface area (Å²) in [5.74, 6) is -2.80. The Balaban J connectivity index is 1.49. The van der Waals surface area contributed by atoms with Gasteiger partial charge in [0.1, 0.15) is 18.1 Å². The molecule has 2 aromatic carbocycles. The highest BCUT2D eigenvalue weighted by molar-refractivity contribution is 6.15. The van der Waals surface area contributed by atoms with Crippen LogP contribution in [0, 0.1) is 5.82 Å². The first kappa shape index (κ1) is 21.5. The number of hydrogen-bond donors (Lipinski definition) is 3. The minimum Gasteiger partial charge on any atom is -0.478 e. The zero-order valence-electron chi connectivity index (χ0n) is 17.0. The van der Waals surface area contributed by atoms with Gasteiger partial charge in [-0.05, 0) is 66.7 Å². The fraction of sp³-hybridized carbons (Fsp3) is 0.0435. The Labute approximate surface area is 186 Å². The Hall–Kier alpha value is -4.73. The monoisotopic (exact) mass is 448 g/mol. The number of halogens is 1. The molecule has 0 saturated carbocycles. The number of anilines is 1. The van der Waals surface area contributed by atoms with E-state index < -0.39 is 36.2 Å². The molecule has 1 aliphatic heterocycles. The predicted octanol–water partition coefficient (Wildman–Crippen LogP) is 2.85. The first-order valence-electron chi connectivity index (χ1n) is 9.73. The lowest BCUT2D eigenvalue weighted by atomic mass is 10.2. The number of carboxylic acid groups (broad SMARTS) is 1. The Morgan fingerprint density at radius 1 is 1.03 bits per heavy atom. The van der Waals surface area contributed by atoms with E-state index in [0.717, 1.165) is 4.90 Å². The topological polar surface area (TPSA) is 121 Å². The van der Waals surface area contributed by atoms with Crippen molar-refractivity contribution in [2.24, 2.45) is 0 Å². The van der Waals surface area contributed by atoms with Crippen LogP contribution in [-0.4, -0.2) is 44.9 Å². The largest absolute Gasteiger partial charge is 0.478 e. The van der Waals surface area contributed by atoms with Crippen molar-refractivity contribution in [2.45, 2.75) is 0 Å². The molecule has 0 bridgehead atoms. The minimum absolute atomic E-state index is 0.0170. The zero-order valence-corrected chi connectivity index (χ0v) is 17.0. The van der Waals surface area contributed by atoms with E-state index in [9.17, 15) is 23.6 Å². The molecule has 3 N–H and O–H groups in total. The lowest BCUT2D eigenvalue weighted by Crippen LogP contribution is -2.38. The SMILES string of the molecule is O=C(CN1C(=O)N/C(=C/c2cccn2-c2ccc(C(=O)O)cc2)C1=O)Nc1ccc(F)cc1. The number of carboxylic acids is 1. The molecule has 10 heteroatoms. The van der Waals surface area contributed by atoms with Crippen molar-refractivity contribution in [2.75, 3.05) is 11.9 Å². The molecule has 0 spiro atoms. The maximum absolute atomic E-state index is 13.0. The first-order chi connectivity index (χ1) is 15.8. The summed E-state index contributed by atoms with van der Waals surface area (Å²) in [7, 11) is 0. The fourth-order valence-corrected chi connectivity index (χ4v) is 3.25. The fourth-order valence-electron chi connectivity index (χ4n) is 3.25. The highest BCUT2D eigenvalue weighted by Crippen LogP contribution is 2.19. The molecule has 33 heavy (non-hydrogen) atoms. The Bertz CT molecular complexity index is 1280. The van der Waals surface area contributed by atoms with Gasteiger partial charge in [-0.25, -0.2) is 18.9 Å². The quantitative estimate of drug-likeness (QED) is 0.396. The van der Waals surface area contributed by atoms with Crippen LogP contribution < -0.4 is 10.6 Å². The molecule has 1 aromatic heterocycles. The van der Waals surface area contributed by atoms with Crippen molar-refractivity contribution in [1.29, 1.82) is 0 Å². The Morgan fingerprint density at radius 2 is 1.73 bits per heavy atom. The Morgan fingerprint density at radius 3 is 2.39 bits per heavy atom. The standard InChI is InChI=1S/C23H17FN4O5/c24-15-5-7-16(8-6-15)25-20(29)13-28-21(30)19(26-23(28)33)12-18-2-1-11-27(18)17-9-3-14(4-10-17)22(31)32/h1-12H,13H2,(H,25,29)(H,26,33)(H,31,32)/b19-12+. The van der Waals surface area contributed by atoms with E-state index in [1.54, 1.807) is 35.0 Å². The molecule has 1 saturated heterocycles. The van der Waals surface area contributed by atoms with Crippen LogP contribution in [0.2, 0.25) is 0 Å². The summed E-state index contributed by atoms with van der Waals surface area (Å²) >= 11 is 0. The number of carbonyl (C=O) groups excluding carboxylic acids is 3. The van der Waals surface area contributed by atoms with Crippen LogP contribution in [0.1, 0.15) is 16.1 Å². The lowest BCUT2D eigenvalue weighted by molar-refractivity contribution is -0.127. The summed E-state index contributed by atoms with van der Waals surface area (Å²) in [4.78, 5) is 49.0. The third-order valence-electron chi connectivity index (χ3n) is 4.86. The van der Waals surface area contributed by atoms with E-state index >= 15 is 0 Å². The van der Waals surface area contributed by atoms with Crippen molar-refractivity contribution in [3.63, 3.8) is 0 Å². The molecule has 4 amide bonds. The number of carbonyl (C=O) groups is 4. The average Bonchev–Trinajstić information content (AvgIpc) is 3.35. The van der Waals surface area contributed by atoms with Gasteiger partial charge in [-0.2, -0.15) is 0 Å². The Kier molecular flexibility index (Phi) is 5.73. The van der Waals surface area contributed by atoms with E-state index in [1.165, 1.54) is 42.5 Å². The van der Waals surface area contributed by atoms with Gasteiger partial charge >= 0.3 is 12.0 Å². The van der Waals surface area contributed by atoms with Gasteiger partial charge in [-0.3, -0.25) is 9.59 Å². The molecule has 1 aliphatic rings. The van der Waals surface area contributed by atoms with Crippen LogP contribution >= 0.6 is 0 Å². The summed E-state index contributed by atoms with van der Waals surface area (Å²) < 4.78 is 14.7. The molecule has 0 radical (unpaired) electrons. The number of nitrogens with one attached hydrogen (secondary N) is 2. The normalized spacial score (nSPS) is 14.5. The van der Waals surface area contributed by atoms with Gasteiger partial charge in [0.25, 0.3) is 5.91 Å². The third-order valence-corrected chi connectivity index (χ3v) is 4.86. The number of amides is 4. The van der Waals surface area contributed by atoms with Gasteiger partial charge in [0.05, 0.1) is 5.56 Å². The zero-order chi connectivity index (χ0) is 23.5. The molecular formula is C23H17FN4O5. The van der Waals surface area contributed by atoms with E-state index in [2.05, 4.69) is 10.6 Å². The number of benzene rings is 2. The summed E-state index contributed by atoms with van der Waals surface area (Å²) in [5.41, 5.74) is 1.66. The molecule has 0 unspecified atom stereocenters. The second kappa shape index (κ2) is 8.79. The van der Waals surface area contributed by atoms with Crippen LogP contribution in [0.5, 0.6) is 0 Å². The maximum Gasteiger partial charge on any atom is 0.335 e. The second-order valence-corrected chi connectivity index (χ2v) is 7.09. The number of hydrogen-bond acceptors (Lipinski definition) is 4. The predicted molar refractivity (Wildman–Crippen MR) is 116 cm³/mol. The smallest absolute Gasteiger partial charge is 0.335 e. The number of rotatable bonds is 6. The van der Waals surface area contributed by atoms with Crippen LogP contribution in [0.15, 0.2) is 72.6 Å². The molecule has 9 nitrogen and oxygen atoms in total. The molecule has 0 atom stereocenters. The van der Waals surface area contributed by atoms with E-state index in [4.69, 9.17) is 5.11 Å². The number of aromatic nitrogens is 1. The van der Waals surface area contributed by atoms with Crippen LogP contribution in [0.3, 0.4) is 0 Å². The van der Waals surface area contributed by atoms with Crippen molar-refractivity contribution in [3.05, 3.63) is 89.6 Å². The number of nitrogens with zero attached hydrogens (tertiary/aromatic N) is 2. The molecule has 0 aliphatic carbocycles. The van der Waals surface area contributed by atoms with Gasteiger partial charge in [0, 0.05) is 23.3 Å². The minimum atomic E-state index is -1.04. The highest BCUT2D eigenvalue weighted by atomic mass is 19.1. The average molecular weight is 448 g/mol. The van der Waals surface area contributed by atoms with E-state index in [1.807, 2.05) is 0 Å². The van der Waals surface area contributed by atoms with Crippen molar-refractivity contribution < 1.29 is 28.7 Å². The molecule has 2 heterocycles. The summed E-state index contributed by atoms with van der Waals surface area (Å²) in [6.45, 7) is -0.517. The second-order valence-electron chi connectivity index (χ2n) is 7.09. The molecule has 3 aromatic rings. The molecule has 166 valence electrons. The van der Waals surface area contributed by atoms with Crippen molar-refractivity contribution in [1.82, 2.24) is 14.8 Å². The summed E-state index contributed by atoms with van der Waals surface area (Å²) in [5, 5.41) is 14.0. The number of imide groups is 1. The van der Waals surface area contributed by atoms with Gasteiger partial charge in [0.2, 0.25) is 5.91 Å². The molecular weight excluding hydrogens is 431 g/mol. The van der Waals surface area contributed by atoms with Crippen molar-refractivity contribution >= 4 is 35.6 Å². The van der Waals surface area contributed by atoms with Gasteiger partial charge in [0.15, 0.2) is 0 Å². The van der Waals surface area contributed by atoms with Crippen LogP contribution in [-0.2, 0) is 9.59 Å². The first-order valence-corrected chi connectivity index (χ1v) is 9.73. The number of urea groups is 1. The summed E-state index contributed by atoms with van der Waals surface area (Å²) in [6, 6.07) is 13.9. The third kappa shape index (κ3) is 4.64. The molecule has 1 fully saturated rings. The lowest BCUT2D eigenvalue weighted by Gasteiger charge is -2.12. The highest BCUT2D eigenvalue weighted by Gasteiger charge is 2.35. The molecule has 4 rings (SSSR count). The van der Waals surface area contributed by atoms with Crippen LogP contribution in [0.4, 0.5) is 14.9 Å². The summed E-state index contributed by atoms with van der Waals surface area (Å²) in [6.07, 6.45) is 3.18. The van der Waals surface area contributed by atoms with E-state index in [-0.39, 0.29) is 11.3 Å². The van der Waals surface area contributed by atoms with Gasteiger partial charge in [-0.1, -0.05) is 0 Å². The van der Waals surface area contributed by atoms with Crippen LogP contribution in [0.25, 0.3) is 11.8 Å².